The van der Waals surface area contributed by atoms with Crippen molar-refractivity contribution in [3.63, 3.8) is 0 Å². The van der Waals surface area contributed by atoms with E-state index in [1.807, 2.05) is 24.3 Å². The molecular weight excluding hydrogens is 386 g/mol. The van der Waals surface area contributed by atoms with Crippen LogP contribution in [0.5, 0.6) is 0 Å². The molecule has 3 saturated heterocycles. The molecule has 0 radical (unpaired) electrons. The Morgan fingerprint density at radius 3 is 2.40 bits per heavy atom. The summed E-state index contributed by atoms with van der Waals surface area (Å²) in [7, 11) is 0. The number of fused-ring (bicyclic) bond motifs is 3. The smallest absolute Gasteiger partial charge is 0.216 e. The van der Waals surface area contributed by atoms with Crippen LogP contribution in [0.15, 0.2) is 28.7 Å². The van der Waals surface area contributed by atoms with Gasteiger partial charge in [-0.05, 0) is 12.1 Å². The zero-order valence-corrected chi connectivity index (χ0v) is 14.4. The number of nitrogens with zero attached hydrogens (tertiary/aromatic N) is 1. The number of carbonyl (C=O) groups is 1. The highest BCUT2D eigenvalue weighted by atomic mass is 79.9. The number of quaternary nitrogens is 1. The summed E-state index contributed by atoms with van der Waals surface area (Å²) in [4.78, 5) is 12.4. The Morgan fingerprint density at radius 2 is 1.85 bits per heavy atom. The monoisotopic (exact) mass is 403 g/mol. The average Bonchev–Trinajstić information content (AvgIpc) is 2.40. The summed E-state index contributed by atoms with van der Waals surface area (Å²) in [5, 5.41) is 10.1. The minimum atomic E-state index is -0.208. The van der Waals surface area contributed by atoms with Gasteiger partial charge in [-0.3, -0.25) is 4.79 Å². The van der Waals surface area contributed by atoms with Crippen LogP contribution in [0.25, 0.3) is 0 Å². The summed E-state index contributed by atoms with van der Waals surface area (Å²) in [6, 6.07) is 7.56. The summed E-state index contributed by atoms with van der Waals surface area (Å²) in [6.45, 7) is 3.38. The first-order valence-electron chi connectivity index (χ1n) is 6.90. The molecule has 1 aromatic rings. The summed E-state index contributed by atoms with van der Waals surface area (Å²) in [6.07, 6.45) is 1.92. The van der Waals surface area contributed by atoms with Crippen molar-refractivity contribution in [2.45, 2.75) is 18.9 Å². The molecule has 0 aliphatic carbocycles. The van der Waals surface area contributed by atoms with Gasteiger partial charge in [-0.1, -0.05) is 28.1 Å². The maximum atomic E-state index is 12.4. The fourth-order valence-corrected chi connectivity index (χ4v) is 3.77. The summed E-state index contributed by atoms with van der Waals surface area (Å²) >= 11 is 3.38. The molecule has 0 spiro atoms. The zero-order chi connectivity index (χ0) is 13.5. The molecule has 4 rings (SSSR count). The van der Waals surface area contributed by atoms with Gasteiger partial charge in [-0.15, -0.1) is 0 Å². The molecule has 5 heteroatoms. The van der Waals surface area contributed by atoms with Gasteiger partial charge in [0.25, 0.3) is 0 Å². The zero-order valence-electron chi connectivity index (χ0n) is 11.3. The number of benzene rings is 1. The molecule has 20 heavy (non-hydrogen) atoms. The van der Waals surface area contributed by atoms with Crippen molar-refractivity contribution in [1.82, 2.24) is 0 Å². The number of piperidine rings is 3. The molecule has 3 aliphatic rings. The van der Waals surface area contributed by atoms with E-state index in [-0.39, 0.29) is 28.9 Å². The van der Waals surface area contributed by atoms with E-state index >= 15 is 0 Å². The van der Waals surface area contributed by atoms with E-state index in [0.717, 1.165) is 47.0 Å². The molecule has 0 amide bonds. The maximum absolute atomic E-state index is 12.4. The van der Waals surface area contributed by atoms with Crippen molar-refractivity contribution in [3.8, 4) is 0 Å². The number of halogens is 2. The highest BCUT2D eigenvalue weighted by Gasteiger charge is 2.46. The molecule has 3 aliphatic heterocycles. The van der Waals surface area contributed by atoms with Crippen LogP contribution in [0.3, 0.4) is 0 Å². The average molecular weight is 405 g/mol. The predicted molar refractivity (Wildman–Crippen MR) is 76.9 cm³/mol. The van der Waals surface area contributed by atoms with Crippen LogP contribution < -0.4 is 17.0 Å². The van der Waals surface area contributed by atoms with Crippen molar-refractivity contribution in [2.24, 2.45) is 5.92 Å². The second-order valence-electron chi connectivity index (χ2n) is 5.96. The van der Waals surface area contributed by atoms with Crippen LogP contribution in [-0.2, 0) is 0 Å². The van der Waals surface area contributed by atoms with Crippen LogP contribution >= 0.6 is 15.9 Å². The Labute approximate surface area is 138 Å². The van der Waals surface area contributed by atoms with Crippen molar-refractivity contribution in [2.75, 3.05) is 26.2 Å². The van der Waals surface area contributed by atoms with Crippen molar-refractivity contribution in [3.05, 3.63) is 34.3 Å². The fraction of sp³-hybridized carbons (Fsp3) is 0.533. The van der Waals surface area contributed by atoms with E-state index in [2.05, 4.69) is 15.9 Å². The number of aliphatic hydroxyl groups excluding tert-OH is 1. The van der Waals surface area contributed by atoms with Gasteiger partial charge >= 0.3 is 0 Å². The highest BCUT2D eigenvalue weighted by molar-refractivity contribution is 9.10. The Kier molecular flexibility index (Phi) is 5.05. The molecule has 3 heterocycles. The number of rotatable bonds is 3. The van der Waals surface area contributed by atoms with Gasteiger partial charge in [0.15, 0.2) is 0 Å². The van der Waals surface area contributed by atoms with Gasteiger partial charge in [0.2, 0.25) is 5.78 Å². The Bertz CT molecular complexity index is 481. The molecule has 1 atom stereocenters. The molecule has 0 saturated carbocycles. The third-order valence-electron chi connectivity index (χ3n) is 4.71. The third kappa shape index (κ3) is 3.16. The Balaban J connectivity index is 0.00000147. The van der Waals surface area contributed by atoms with Gasteiger partial charge in [-0.2, -0.15) is 0 Å². The lowest BCUT2D eigenvalue weighted by Gasteiger charge is -2.50. The lowest BCUT2D eigenvalue weighted by atomic mass is 9.83. The molecular formula is C15H19Br2NO2. The second kappa shape index (κ2) is 6.26. The van der Waals surface area contributed by atoms with Crippen molar-refractivity contribution >= 4 is 21.7 Å². The second-order valence-corrected chi connectivity index (χ2v) is 6.88. The number of carbonyl (C=O) groups excluding carboxylic acids is 1. The molecule has 0 aromatic heterocycles. The van der Waals surface area contributed by atoms with Crippen LogP contribution in [-0.4, -0.2) is 47.7 Å². The number of hydrogen-bond acceptors (Lipinski definition) is 2. The summed E-state index contributed by atoms with van der Waals surface area (Å²) in [5.41, 5.74) is 0.776. The van der Waals surface area contributed by atoms with E-state index in [0.29, 0.717) is 12.5 Å². The number of aliphatic hydroxyl groups is 1. The predicted octanol–water partition coefficient (Wildman–Crippen LogP) is -0.763. The van der Waals surface area contributed by atoms with Gasteiger partial charge in [-0.25, -0.2) is 0 Å². The molecule has 110 valence electrons. The first kappa shape index (κ1) is 16.1. The molecule has 1 aromatic carbocycles. The molecule has 2 bridgehead atoms. The van der Waals surface area contributed by atoms with Gasteiger partial charge in [0.1, 0.15) is 19.2 Å². The first-order chi connectivity index (χ1) is 9.08. The third-order valence-corrected chi connectivity index (χ3v) is 5.24. The fourth-order valence-electron chi connectivity index (χ4n) is 3.50. The summed E-state index contributed by atoms with van der Waals surface area (Å²) in [5.74, 6) is 0.669. The Morgan fingerprint density at radius 1 is 1.25 bits per heavy atom. The highest BCUT2D eigenvalue weighted by Crippen LogP contribution is 2.34. The van der Waals surface area contributed by atoms with E-state index in [4.69, 9.17) is 0 Å². The van der Waals surface area contributed by atoms with Gasteiger partial charge in [0.05, 0.1) is 13.1 Å². The minimum Gasteiger partial charge on any atom is -1.00 e. The lowest BCUT2D eigenvalue weighted by molar-refractivity contribution is -0.938. The maximum Gasteiger partial charge on any atom is 0.216 e. The Hall–Kier alpha value is -0.230. The van der Waals surface area contributed by atoms with Crippen molar-refractivity contribution < 1.29 is 31.4 Å². The van der Waals surface area contributed by atoms with E-state index in [1.165, 1.54) is 0 Å². The normalized spacial score (nSPS) is 31.7. The van der Waals surface area contributed by atoms with E-state index < -0.39 is 0 Å². The molecule has 1 unspecified atom stereocenters. The SMILES string of the molecule is O=C(C[N+]12CCC(CC1)C(O)C2)c1ccc(Br)cc1.[Br-]. The number of ketones is 1. The van der Waals surface area contributed by atoms with Crippen molar-refractivity contribution in [1.29, 1.82) is 0 Å². The van der Waals surface area contributed by atoms with E-state index in [9.17, 15) is 9.90 Å². The van der Waals surface area contributed by atoms with E-state index in [1.54, 1.807) is 0 Å². The van der Waals surface area contributed by atoms with Crippen LogP contribution in [0.4, 0.5) is 0 Å². The lowest BCUT2D eigenvalue weighted by Crippen LogP contribution is -3.00. The molecule has 3 nitrogen and oxygen atoms in total. The standard InChI is InChI=1S/C15H19BrNO2.BrH/c16-13-3-1-11(2-4-13)14(18)9-17-7-5-12(6-8-17)15(19)10-17;/h1-4,12,15,19H,5-10H2;1H/q+1;/p-1. The number of Topliss-reactive ketones (excluding diaryl/α,β-unsaturated/α-hetero) is 1. The molecule has 3 fully saturated rings. The summed E-state index contributed by atoms with van der Waals surface area (Å²) < 4.78 is 1.78. The molecule has 1 N–H and O–H groups in total. The first-order valence-corrected chi connectivity index (χ1v) is 7.69. The minimum absolute atomic E-state index is 0. The largest absolute Gasteiger partial charge is 1.00 e. The van der Waals surface area contributed by atoms with Crippen LogP contribution in [0.1, 0.15) is 23.2 Å². The topological polar surface area (TPSA) is 37.3 Å². The van der Waals surface area contributed by atoms with Gasteiger partial charge < -0.3 is 26.6 Å². The quantitative estimate of drug-likeness (QED) is 0.531. The van der Waals surface area contributed by atoms with Crippen LogP contribution in [0, 0.1) is 5.92 Å². The van der Waals surface area contributed by atoms with Gasteiger partial charge in [0, 0.05) is 28.8 Å². The van der Waals surface area contributed by atoms with Crippen LogP contribution in [0.2, 0.25) is 0 Å². The number of hydrogen-bond donors (Lipinski definition) is 1.